The molecule has 0 bridgehead atoms. The van der Waals surface area contributed by atoms with Crippen LogP contribution in [0.5, 0.6) is 5.75 Å². The highest BCUT2D eigenvalue weighted by Crippen LogP contribution is 2.41. The Balaban J connectivity index is 1.77. The van der Waals surface area contributed by atoms with Gasteiger partial charge in [-0.25, -0.2) is 0 Å². The van der Waals surface area contributed by atoms with Crippen LogP contribution in [-0.4, -0.2) is 41.5 Å². The van der Waals surface area contributed by atoms with Gasteiger partial charge < -0.3 is 20.7 Å². The number of nitrogens with zero attached hydrogens (tertiary/aromatic N) is 3. The fourth-order valence-corrected chi connectivity index (χ4v) is 4.39. The van der Waals surface area contributed by atoms with Crippen molar-refractivity contribution in [3.8, 4) is 11.8 Å². The lowest BCUT2D eigenvalue weighted by Gasteiger charge is -2.33. The number of nitrogens with two attached hydrogens (primary N) is 1. The first-order valence-electron chi connectivity index (χ1n) is 10.5. The normalized spacial score (nSPS) is 20.8. The Morgan fingerprint density at radius 3 is 2.69 bits per heavy atom. The number of aromatic amines is 1. The molecule has 1 fully saturated rings. The number of piperidine rings is 1. The number of anilines is 2. The Morgan fingerprint density at radius 1 is 1.31 bits per heavy atom. The number of hydrogen-bond donors (Lipinski definition) is 3. The Hall–Kier alpha value is -3.87. The van der Waals surface area contributed by atoms with Crippen molar-refractivity contribution in [3.05, 3.63) is 45.7 Å². The summed E-state index contributed by atoms with van der Waals surface area (Å²) in [6.07, 6.45) is 1.12. The van der Waals surface area contributed by atoms with Crippen LogP contribution in [0, 0.1) is 23.2 Å². The number of fused-ring (bicyclic) bond motifs is 1. The Morgan fingerprint density at radius 2 is 2.03 bits per heavy atom. The van der Waals surface area contributed by atoms with Gasteiger partial charge in [0.25, 0.3) is 5.56 Å². The summed E-state index contributed by atoms with van der Waals surface area (Å²) in [7, 11) is 0. The molecule has 2 aliphatic heterocycles. The van der Waals surface area contributed by atoms with Crippen LogP contribution in [0.3, 0.4) is 0 Å². The third kappa shape index (κ3) is 3.77. The summed E-state index contributed by atoms with van der Waals surface area (Å²) in [6.45, 7) is 3.23. The largest absolute Gasteiger partial charge is 0.494 e. The minimum atomic E-state index is -1.11. The van der Waals surface area contributed by atoms with Gasteiger partial charge in [0.05, 0.1) is 18.2 Å². The van der Waals surface area contributed by atoms with Gasteiger partial charge in [-0.15, -0.1) is 0 Å². The summed E-state index contributed by atoms with van der Waals surface area (Å²) in [6, 6.07) is 9.10. The second kappa shape index (κ2) is 8.70. The first-order chi connectivity index (χ1) is 15.4. The topological polar surface area (TPSA) is 154 Å². The summed E-state index contributed by atoms with van der Waals surface area (Å²) in [4.78, 5) is 46.6. The molecule has 0 radical (unpaired) electrons. The van der Waals surface area contributed by atoms with Gasteiger partial charge in [0, 0.05) is 30.5 Å². The molecule has 32 heavy (non-hydrogen) atoms. The lowest BCUT2D eigenvalue weighted by Crippen LogP contribution is -2.42. The van der Waals surface area contributed by atoms with Gasteiger partial charge in [-0.1, -0.05) is 18.2 Å². The molecule has 10 nitrogen and oxygen atoms in total. The van der Waals surface area contributed by atoms with Crippen molar-refractivity contribution in [1.29, 1.82) is 5.26 Å². The van der Waals surface area contributed by atoms with Crippen LogP contribution in [0.1, 0.15) is 36.8 Å². The van der Waals surface area contributed by atoms with E-state index in [1.165, 1.54) is 0 Å². The summed E-state index contributed by atoms with van der Waals surface area (Å²) < 4.78 is 5.70. The Kier molecular flexibility index (Phi) is 5.81. The van der Waals surface area contributed by atoms with Crippen molar-refractivity contribution in [2.45, 2.75) is 25.7 Å². The van der Waals surface area contributed by atoms with E-state index in [0.717, 1.165) is 0 Å². The summed E-state index contributed by atoms with van der Waals surface area (Å²) in [5, 5.41) is 12.4. The minimum Gasteiger partial charge on any atom is -0.494 e. The van der Waals surface area contributed by atoms with E-state index in [-0.39, 0.29) is 23.2 Å². The van der Waals surface area contributed by atoms with E-state index in [4.69, 9.17) is 10.5 Å². The van der Waals surface area contributed by atoms with Crippen LogP contribution in [0.4, 0.5) is 11.8 Å². The molecular formula is C22H24N6O4. The number of aromatic nitrogens is 2. The number of carbonyl (C=O) groups excluding carboxylic acids is 2. The molecule has 4 N–H and O–H groups in total. The zero-order valence-electron chi connectivity index (χ0n) is 17.6. The molecular weight excluding hydrogens is 412 g/mol. The second-order valence-electron chi connectivity index (χ2n) is 7.86. The first-order valence-corrected chi connectivity index (χ1v) is 10.5. The lowest BCUT2D eigenvalue weighted by atomic mass is 9.79. The molecule has 0 saturated carbocycles. The molecule has 166 valence electrons. The number of nitrogens with one attached hydrogen (secondary N) is 2. The molecule has 1 saturated heterocycles. The average Bonchev–Trinajstić information content (AvgIpc) is 2.78. The number of ether oxygens (including phenoxy) is 1. The molecule has 1 aromatic heterocycles. The molecule has 2 amide bonds. The van der Waals surface area contributed by atoms with Gasteiger partial charge in [-0.2, -0.15) is 10.2 Å². The van der Waals surface area contributed by atoms with E-state index in [1.54, 1.807) is 24.3 Å². The van der Waals surface area contributed by atoms with Crippen LogP contribution < -0.4 is 26.2 Å². The SMILES string of the molecule is CCOc1ccccc1C1c2c(nc(N3CCC(C(N)=O)CC3)[nH]c2=O)NC(=O)C1C#N. The Bertz CT molecular complexity index is 1150. The summed E-state index contributed by atoms with van der Waals surface area (Å²) in [5.41, 5.74) is 5.77. The number of carbonyl (C=O) groups is 2. The summed E-state index contributed by atoms with van der Waals surface area (Å²) in [5.74, 6) is -2.03. The quantitative estimate of drug-likeness (QED) is 0.634. The van der Waals surface area contributed by atoms with E-state index >= 15 is 0 Å². The second-order valence-corrected chi connectivity index (χ2v) is 7.86. The molecule has 4 rings (SSSR count). The van der Waals surface area contributed by atoms with E-state index in [1.807, 2.05) is 17.9 Å². The molecule has 1 aromatic carbocycles. The van der Waals surface area contributed by atoms with Crippen LogP contribution >= 0.6 is 0 Å². The Labute approximate surface area is 184 Å². The maximum atomic E-state index is 13.2. The van der Waals surface area contributed by atoms with E-state index < -0.39 is 23.3 Å². The van der Waals surface area contributed by atoms with Crippen LogP contribution in [0.15, 0.2) is 29.1 Å². The fourth-order valence-electron chi connectivity index (χ4n) is 4.39. The highest BCUT2D eigenvalue weighted by atomic mass is 16.5. The predicted molar refractivity (Wildman–Crippen MR) is 116 cm³/mol. The summed E-state index contributed by atoms with van der Waals surface area (Å²) >= 11 is 0. The maximum absolute atomic E-state index is 13.2. The van der Waals surface area contributed by atoms with Crippen LogP contribution in [-0.2, 0) is 9.59 Å². The average molecular weight is 436 g/mol. The molecule has 0 spiro atoms. The van der Waals surface area contributed by atoms with Crippen molar-refractivity contribution in [2.75, 3.05) is 29.9 Å². The smallest absolute Gasteiger partial charge is 0.258 e. The van der Waals surface area contributed by atoms with Gasteiger partial charge in [0.15, 0.2) is 0 Å². The van der Waals surface area contributed by atoms with Crippen molar-refractivity contribution in [3.63, 3.8) is 0 Å². The van der Waals surface area contributed by atoms with Gasteiger partial charge in [0.2, 0.25) is 17.8 Å². The molecule has 2 aromatic rings. The number of primary amides is 1. The zero-order valence-corrected chi connectivity index (χ0v) is 17.6. The molecule has 10 heteroatoms. The molecule has 2 atom stereocenters. The maximum Gasteiger partial charge on any atom is 0.258 e. The van der Waals surface area contributed by atoms with E-state index in [0.29, 0.717) is 49.8 Å². The highest BCUT2D eigenvalue weighted by molar-refractivity contribution is 5.98. The predicted octanol–water partition coefficient (Wildman–Crippen LogP) is 1.09. The molecule has 2 unspecified atom stereocenters. The number of rotatable bonds is 5. The van der Waals surface area contributed by atoms with Crippen molar-refractivity contribution in [1.82, 2.24) is 9.97 Å². The molecule has 3 heterocycles. The number of H-pyrrole nitrogens is 1. The standard InChI is InChI=1S/C22H24N6O4/c1-2-32-15-6-4-3-5-13(15)16-14(11-23)20(30)25-19-17(16)21(31)27-22(26-19)28-9-7-12(8-10-28)18(24)29/h3-6,12,14,16H,2,7-10H2,1H3,(H2,24,29)(H2,25,26,27,30,31). The van der Waals surface area contributed by atoms with Crippen molar-refractivity contribution in [2.24, 2.45) is 17.6 Å². The number of nitriles is 1. The van der Waals surface area contributed by atoms with Gasteiger partial charge in [-0.3, -0.25) is 19.4 Å². The molecule has 0 aliphatic carbocycles. The first kappa shape index (κ1) is 21.4. The van der Waals surface area contributed by atoms with Crippen LogP contribution in [0.2, 0.25) is 0 Å². The third-order valence-corrected chi connectivity index (χ3v) is 6.00. The molecule has 2 aliphatic rings. The van der Waals surface area contributed by atoms with Crippen LogP contribution in [0.25, 0.3) is 0 Å². The highest BCUT2D eigenvalue weighted by Gasteiger charge is 2.41. The monoisotopic (exact) mass is 436 g/mol. The number of hydrogen-bond acceptors (Lipinski definition) is 7. The minimum absolute atomic E-state index is 0.133. The van der Waals surface area contributed by atoms with Crippen molar-refractivity contribution < 1.29 is 14.3 Å². The lowest BCUT2D eigenvalue weighted by molar-refractivity contribution is -0.122. The number of amides is 2. The number of para-hydroxylation sites is 1. The van der Waals surface area contributed by atoms with Crippen molar-refractivity contribution >= 4 is 23.6 Å². The van der Waals surface area contributed by atoms with Gasteiger partial charge in [-0.05, 0) is 25.8 Å². The van der Waals surface area contributed by atoms with E-state index in [9.17, 15) is 19.6 Å². The van der Waals surface area contributed by atoms with E-state index in [2.05, 4.69) is 15.3 Å². The zero-order chi connectivity index (χ0) is 22.8. The van der Waals surface area contributed by atoms with Gasteiger partial charge >= 0.3 is 0 Å². The number of benzene rings is 1. The van der Waals surface area contributed by atoms with Gasteiger partial charge in [0.1, 0.15) is 17.5 Å². The third-order valence-electron chi connectivity index (χ3n) is 6.00. The fraction of sp³-hybridized carbons (Fsp3) is 0.409.